The molecule has 1 saturated heterocycles. The topological polar surface area (TPSA) is 97.8 Å². The number of piperidine rings is 1. The molecule has 0 aliphatic carbocycles. The molecular formula is C20H26N8. The Morgan fingerprint density at radius 1 is 1.14 bits per heavy atom. The minimum absolute atomic E-state index is 0.0534. The van der Waals surface area contributed by atoms with E-state index in [4.69, 9.17) is 5.73 Å². The van der Waals surface area contributed by atoms with Crippen molar-refractivity contribution in [2.75, 3.05) is 24.1 Å². The lowest BCUT2D eigenvalue weighted by Gasteiger charge is -2.36. The molecule has 8 heteroatoms. The Morgan fingerprint density at radius 2 is 1.96 bits per heavy atom. The van der Waals surface area contributed by atoms with Crippen LogP contribution in [0, 0.1) is 0 Å². The van der Waals surface area contributed by atoms with Gasteiger partial charge in [0.2, 0.25) is 11.9 Å². The summed E-state index contributed by atoms with van der Waals surface area (Å²) in [6.07, 6.45) is 4.17. The first-order valence-electron chi connectivity index (χ1n) is 9.65. The Labute approximate surface area is 164 Å². The highest BCUT2D eigenvalue weighted by atomic mass is 15.3. The summed E-state index contributed by atoms with van der Waals surface area (Å²) in [7, 11) is 2.01. The molecule has 1 aromatic carbocycles. The molecule has 0 spiro atoms. The van der Waals surface area contributed by atoms with Crippen LogP contribution in [0.4, 0.5) is 17.6 Å². The molecule has 28 heavy (non-hydrogen) atoms. The lowest BCUT2D eigenvalue weighted by Crippen LogP contribution is -2.37. The molecule has 3 heterocycles. The molecule has 8 nitrogen and oxygen atoms in total. The van der Waals surface area contributed by atoms with E-state index in [9.17, 15) is 0 Å². The van der Waals surface area contributed by atoms with Crippen LogP contribution < -0.4 is 11.1 Å². The van der Waals surface area contributed by atoms with Gasteiger partial charge in [0.25, 0.3) is 0 Å². The molecule has 0 radical (unpaired) electrons. The zero-order chi connectivity index (χ0) is 19.5. The van der Waals surface area contributed by atoms with E-state index in [0.717, 1.165) is 25.2 Å². The van der Waals surface area contributed by atoms with Gasteiger partial charge in [-0.1, -0.05) is 18.2 Å². The van der Waals surface area contributed by atoms with Crippen molar-refractivity contribution in [3.63, 3.8) is 0 Å². The summed E-state index contributed by atoms with van der Waals surface area (Å²) in [6.45, 7) is 4.10. The number of nitrogens with zero attached hydrogens (tertiary/aromatic N) is 6. The molecular weight excluding hydrogens is 352 g/mol. The van der Waals surface area contributed by atoms with Crippen molar-refractivity contribution in [2.45, 2.75) is 31.7 Å². The molecule has 3 aromatic rings. The van der Waals surface area contributed by atoms with Gasteiger partial charge in [0, 0.05) is 37.1 Å². The van der Waals surface area contributed by atoms with Gasteiger partial charge in [0.1, 0.15) is 0 Å². The minimum Gasteiger partial charge on any atom is -0.368 e. The average molecular weight is 378 g/mol. The number of nitrogens with two attached hydrogens (primary N) is 1. The number of hydrogen-bond donors (Lipinski definition) is 2. The molecule has 4 rings (SSSR count). The number of hydrogen-bond acceptors (Lipinski definition) is 7. The van der Waals surface area contributed by atoms with E-state index >= 15 is 0 Å². The van der Waals surface area contributed by atoms with Crippen molar-refractivity contribution in [2.24, 2.45) is 7.05 Å². The van der Waals surface area contributed by atoms with Gasteiger partial charge in [-0.2, -0.15) is 20.1 Å². The zero-order valence-electron chi connectivity index (χ0n) is 16.3. The van der Waals surface area contributed by atoms with E-state index in [0.29, 0.717) is 17.7 Å². The first-order chi connectivity index (χ1) is 13.6. The number of nitrogen functional groups attached to an aromatic ring is 1. The SMILES string of the molecule is C[C@H](c1nc(N)nc(Nc2ccccc2)n1)N1CCC[C@@H](c2ccnn2C)C1. The summed E-state index contributed by atoms with van der Waals surface area (Å²) < 4.78 is 1.97. The number of benzene rings is 1. The van der Waals surface area contributed by atoms with Crippen molar-refractivity contribution in [1.29, 1.82) is 0 Å². The standard InChI is InChI=1S/C20H26N8/c1-14(28-12-6-7-15(13-28)17-10-11-22-27(17)2)18-24-19(21)26-20(25-18)23-16-8-4-3-5-9-16/h3-5,8-11,14-15H,6-7,12-13H2,1-2H3,(H3,21,23,24,25,26)/t14-,15-/m1/s1. The molecule has 0 unspecified atom stereocenters. The van der Waals surface area contributed by atoms with Gasteiger partial charge >= 0.3 is 0 Å². The van der Waals surface area contributed by atoms with E-state index in [2.05, 4.69) is 43.3 Å². The third-order valence-electron chi connectivity index (χ3n) is 5.35. The van der Waals surface area contributed by atoms with Gasteiger partial charge in [0.15, 0.2) is 5.82 Å². The molecule has 2 aromatic heterocycles. The van der Waals surface area contributed by atoms with Gasteiger partial charge in [-0.25, -0.2) is 0 Å². The smallest absolute Gasteiger partial charge is 0.232 e. The predicted molar refractivity (Wildman–Crippen MR) is 109 cm³/mol. The second-order valence-electron chi connectivity index (χ2n) is 7.26. The van der Waals surface area contributed by atoms with Crippen molar-refractivity contribution >= 4 is 17.6 Å². The van der Waals surface area contributed by atoms with Crippen LogP contribution in [-0.4, -0.2) is 42.7 Å². The van der Waals surface area contributed by atoms with Crippen LogP contribution in [0.3, 0.4) is 0 Å². The van der Waals surface area contributed by atoms with Gasteiger partial charge in [-0.05, 0) is 44.5 Å². The average Bonchev–Trinajstić information content (AvgIpc) is 3.14. The Morgan fingerprint density at radius 3 is 2.71 bits per heavy atom. The van der Waals surface area contributed by atoms with Crippen LogP contribution in [0.5, 0.6) is 0 Å². The van der Waals surface area contributed by atoms with Crippen molar-refractivity contribution in [3.8, 4) is 0 Å². The van der Waals surface area contributed by atoms with Gasteiger partial charge in [0.05, 0.1) is 6.04 Å². The zero-order valence-corrected chi connectivity index (χ0v) is 16.3. The fourth-order valence-electron chi connectivity index (χ4n) is 3.85. The minimum atomic E-state index is 0.0534. The summed E-state index contributed by atoms with van der Waals surface area (Å²) in [5.41, 5.74) is 8.17. The second kappa shape index (κ2) is 7.93. The van der Waals surface area contributed by atoms with Crippen LogP contribution in [0.15, 0.2) is 42.6 Å². The molecule has 0 bridgehead atoms. The van der Waals surface area contributed by atoms with E-state index in [1.807, 2.05) is 48.3 Å². The van der Waals surface area contributed by atoms with Crippen molar-refractivity contribution in [3.05, 3.63) is 54.1 Å². The van der Waals surface area contributed by atoms with Crippen molar-refractivity contribution in [1.82, 2.24) is 29.6 Å². The third kappa shape index (κ3) is 3.96. The van der Waals surface area contributed by atoms with Crippen LogP contribution in [0.25, 0.3) is 0 Å². The quantitative estimate of drug-likeness (QED) is 0.704. The molecule has 0 saturated carbocycles. The normalized spacial score (nSPS) is 18.7. The maximum atomic E-state index is 5.97. The number of aryl methyl sites for hydroxylation is 1. The van der Waals surface area contributed by atoms with E-state index in [-0.39, 0.29) is 12.0 Å². The lowest BCUT2D eigenvalue weighted by atomic mass is 9.93. The fraction of sp³-hybridized carbons (Fsp3) is 0.400. The van der Waals surface area contributed by atoms with E-state index in [1.54, 1.807) is 0 Å². The number of rotatable bonds is 5. The lowest BCUT2D eigenvalue weighted by molar-refractivity contribution is 0.150. The Kier molecular flexibility index (Phi) is 5.21. The fourth-order valence-corrected chi connectivity index (χ4v) is 3.85. The maximum Gasteiger partial charge on any atom is 0.232 e. The third-order valence-corrected chi connectivity index (χ3v) is 5.35. The largest absolute Gasteiger partial charge is 0.368 e. The van der Waals surface area contributed by atoms with E-state index in [1.165, 1.54) is 12.1 Å². The Balaban J connectivity index is 1.52. The number of likely N-dealkylation sites (tertiary alicyclic amines) is 1. The Hall–Kier alpha value is -3.00. The van der Waals surface area contributed by atoms with Gasteiger partial charge in [-0.15, -0.1) is 0 Å². The predicted octanol–water partition coefficient (Wildman–Crippen LogP) is 2.87. The summed E-state index contributed by atoms with van der Waals surface area (Å²) in [5, 5.41) is 7.53. The van der Waals surface area contributed by atoms with E-state index < -0.39 is 0 Å². The van der Waals surface area contributed by atoms with Crippen molar-refractivity contribution < 1.29 is 0 Å². The highest BCUT2D eigenvalue weighted by Gasteiger charge is 2.28. The second-order valence-corrected chi connectivity index (χ2v) is 7.26. The highest BCUT2D eigenvalue weighted by Crippen LogP contribution is 2.31. The summed E-state index contributed by atoms with van der Waals surface area (Å²) in [5.74, 6) is 1.86. The van der Waals surface area contributed by atoms with Crippen LogP contribution in [-0.2, 0) is 7.05 Å². The molecule has 1 aliphatic rings. The molecule has 0 amide bonds. The highest BCUT2D eigenvalue weighted by molar-refractivity contribution is 5.53. The molecule has 1 fully saturated rings. The van der Waals surface area contributed by atoms with Crippen LogP contribution in [0.1, 0.15) is 43.2 Å². The molecule has 3 N–H and O–H groups in total. The summed E-state index contributed by atoms with van der Waals surface area (Å²) in [4.78, 5) is 15.7. The monoisotopic (exact) mass is 378 g/mol. The Bertz CT molecular complexity index is 923. The van der Waals surface area contributed by atoms with Gasteiger partial charge < -0.3 is 11.1 Å². The van der Waals surface area contributed by atoms with Gasteiger partial charge in [-0.3, -0.25) is 9.58 Å². The number of para-hydroxylation sites is 1. The molecule has 146 valence electrons. The molecule has 2 atom stereocenters. The number of aromatic nitrogens is 5. The first-order valence-corrected chi connectivity index (χ1v) is 9.65. The molecule has 1 aliphatic heterocycles. The van der Waals surface area contributed by atoms with Crippen LogP contribution >= 0.6 is 0 Å². The van der Waals surface area contributed by atoms with Crippen LogP contribution in [0.2, 0.25) is 0 Å². The summed E-state index contributed by atoms with van der Waals surface area (Å²) >= 11 is 0. The summed E-state index contributed by atoms with van der Waals surface area (Å²) in [6, 6.07) is 12.0. The maximum absolute atomic E-state index is 5.97. The first kappa shape index (κ1) is 18.4. The number of anilines is 3. The number of nitrogens with one attached hydrogen (secondary N) is 1.